The van der Waals surface area contributed by atoms with Crippen molar-refractivity contribution in [3.8, 4) is 0 Å². The lowest BCUT2D eigenvalue weighted by Gasteiger charge is -2.04. The van der Waals surface area contributed by atoms with E-state index in [1.165, 1.54) is 25.7 Å². The number of aliphatic imine (C=N–C) groups is 1. The first-order valence-electron chi connectivity index (χ1n) is 4.49. The molecule has 2 heteroatoms. The summed E-state index contributed by atoms with van der Waals surface area (Å²) < 4.78 is 0. The summed E-state index contributed by atoms with van der Waals surface area (Å²) in [4.78, 5) is 13.7. The molecule has 2 saturated carbocycles. The molecule has 0 spiro atoms. The van der Waals surface area contributed by atoms with Crippen LogP contribution in [0.3, 0.4) is 0 Å². The van der Waals surface area contributed by atoms with Crippen molar-refractivity contribution in [3.63, 3.8) is 0 Å². The molecule has 0 radical (unpaired) electrons. The predicted molar refractivity (Wildman–Crippen MR) is 42.0 cm³/mol. The Bertz CT molecular complexity index is 190. The van der Waals surface area contributed by atoms with E-state index in [0.29, 0.717) is 6.04 Å². The minimum Gasteiger partial charge on any atom is -0.211 e. The van der Waals surface area contributed by atoms with Gasteiger partial charge in [0.1, 0.15) is 0 Å². The quantitative estimate of drug-likeness (QED) is 0.438. The minimum absolute atomic E-state index is 0.357. The predicted octanol–water partition coefficient (Wildman–Crippen LogP) is 1.90. The summed E-state index contributed by atoms with van der Waals surface area (Å²) in [6.07, 6.45) is 8.33. The molecule has 0 bridgehead atoms. The zero-order chi connectivity index (χ0) is 7.68. The van der Waals surface area contributed by atoms with Gasteiger partial charge in [-0.25, -0.2) is 9.79 Å². The number of nitrogens with zero attached hydrogens (tertiary/aromatic N) is 1. The maximum absolute atomic E-state index is 9.92. The Labute approximate surface area is 66.7 Å². The zero-order valence-electron chi connectivity index (χ0n) is 6.62. The summed E-state index contributed by atoms with van der Waals surface area (Å²) in [5, 5.41) is 0. The van der Waals surface area contributed by atoms with Crippen molar-refractivity contribution in [2.45, 2.75) is 38.1 Å². The van der Waals surface area contributed by atoms with Gasteiger partial charge in [0, 0.05) is 0 Å². The molecule has 2 unspecified atom stereocenters. The van der Waals surface area contributed by atoms with Gasteiger partial charge < -0.3 is 0 Å². The minimum atomic E-state index is 0.357. The summed E-state index contributed by atoms with van der Waals surface area (Å²) in [5.74, 6) is 1.64. The van der Waals surface area contributed by atoms with Gasteiger partial charge in [-0.1, -0.05) is 25.7 Å². The van der Waals surface area contributed by atoms with E-state index in [-0.39, 0.29) is 0 Å². The average molecular weight is 151 g/mol. The van der Waals surface area contributed by atoms with E-state index in [2.05, 4.69) is 4.99 Å². The molecular weight excluding hydrogens is 138 g/mol. The second-order valence-electron chi connectivity index (χ2n) is 3.73. The molecule has 2 atom stereocenters. The molecule has 0 aromatic heterocycles. The van der Waals surface area contributed by atoms with Crippen molar-refractivity contribution in [2.24, 2.45) is 16.8 Å². The maximum atomic E-state index is 9.92. The van der Waals surface area contributed by atoms with Crippen LogP contribution in [0.4, 0.5) is 0 Å². The van der Waals surface area contributed by atoms with E-state index >= 15 is 0 Å². The Balaban J connectivity index is 1.85. The van der Waals surface area contributed by atoms with Gasteiger partial charge in [0.25, 0.3) is 0 Å². The average Bonchev–Trinajstić information content (AvgIpc) is 2.61. The first kappa shape index (κ1) is 7.05. The zero-order valence-corrected chi connectivity index (χ0v) is 6.62. The highest BCUT2D eigenvalue weighted by Gasteiger charge is 2.43. The first-order valence-corrected chi connectivity index (χ1v) is 4.49. The Morgan fingerprint density at radius 3 is 2.64 bits per heavy atom. The summed E-state index contributed by atoms with van der Waals surface area (Å²) >= 11 is 0. The van der Waals surface area contributed by atoms with Crippen LogP contribution in [0.1, 0.15) is 32.1 Å². The molecule has 2 rings (SSSR count). The highest BCUT2D eigenvalue weighted by molar-refractivity contribution is 5.34. The van der Waals surface area contributed by atoms with Gasteiger partial charge in [-0.15, -0.1) is 0 Å². The largest absolute Gasteiger partial charge is 0.235 e. The van der Waals surface area contributed by atoms with Gasteiger partial charge in [0.05, 0.1) is 6.04 Å². The smallest absolute Gasteiger partial charge is 0.211 e. The molecule has 0 amide bonds. The van der Waals surface area contributed by atoms with Gasteiger partial charge in [0.2, 0.25) is 6.08 Å². The third kappa shape index (κ3) is 1.36. The number of hydrogen-bond donors (Lipinski definition) is 0. The fourth-order valence-electron chi connectivity index (χ4n) is 2.31. The van der Waals surface area contributed by atoms with E-state index in [4.69, 9.17) is 0 Å². The fraction of sp³-hybridized carbons (Fsp3) is 0.889. The van der Waals surface area contributed by atoms with Crippen LogP contribution in [0.25, 0.3) is 0 Å². The molecule has 2 aliphatic carbocycles. The lowest BCUT2D eigenvalue weighted by Crippen LogP contribution is -1.98. The Hall–Kier alpha value is -0.620. The van der Waals surface area contributed by atoms with Crippen molar-refractivity contribution < 1.29 is 4.79 Å². The van der Waals surface area contributed by atoms with Crippen LogP contribution < -0.4 is 0 Å². The van der Waals surface area contributed by atoms with Crippen LogP contribution in [-0.4, -0.2) is 12.1 Å². The molecule has 0 aromatic carbocycles. The summed E-state index contributed by atoms with van der Waals surface area (Å²) in [5.41, 5.74) is 0. The van der Waals surface area contributed by atoms with E-state index in [1.807, 2.05) is 0 Å². The molecule has 2 fully saturated rings. The van der Waals surface area contributed by atoms with Gasteiger partial charge in [-0.05, 0) is 18.3 Å². The molecule has 60 valence electrons. The van der Waals surface area contributed by atoms with Crippen molar-refractivity contribution in [2.75, 3.05) is 0 Å². The third-order valence-corrected chi connectivity index (χ3v) is 3.03. The number of hydrogen-bond acceptors (Lipinski definition) is 2. The molecule has 0 N–H and O–H groups in total. The number of rotatable bonds is 2. The van der Waals surface area contributed by atoms with Crippen molar-refractivity contribution in [1.82, 2.24) is 0 Å². The topological polar surface area (TPSA) is 29.4 Å². The Kier molecular flexibility index (Phi) is 1.79. The second kappa shape index (κ2) is 2.78. The Morgan fingerprint density at radius 2 is 2.00 bits per heavy atom. The van der Waals surface area contributed by atoms with Crippen LogP contribution in [0.15, 0.2) is 4.99 Å². The fourth-order valence-corrected chi connectivity index (χ4v) is 2.31. The van der Waals surface area contributed by atoms with Gasteiger partial charge in [-0.2, -0.15) is 0 Å². The molecule has 0 aliphatic heterocycles. The molecule has 2 nitrogen and oxygen atoms in total. The normalized spacial score (nSPS) is 36.7. The van der Waals surface area contributed by atoms with E-state index in [9.17, 15) is 4.79 Å². The molecule has 0 aromatic rings. The summed E-state index contributed by atoms with van der Waals surface area (Å²) in [7, 11) is 0. The van der Waals surface area contributed by atoms with Crippen molar-refractivity contribution in [3.05, 3.63) is 0 Å². The Morgan fingerprint density at radius 1 is 1.27 bits per heavy atom. The standard InChI is InChI=1S/C9H13NO/c11-6-10-9-5-8(9)7-3-1-2-4-7/h7-9H,1-5H2. The highest BCUT2D eigenvalue weighted by Crippen LogP contribution is 2.46. The lowest BCUT2D eigenvalue weighted by atomic mass is 10.0. The van der Waals surface area contributed by atoms with Crippen LogP contribution in [0, 0.1) is 11.8 Å². The monoisotopic (exact) mass is 151 g/mol. The molecule has 0 saturated heterocycles. The lowest BCUT2D eigenvalue weighted by molar-refractivity contribution is 0.468. The van der Waals surface area contributed by atoms with Crippen LogP contribution in [0.5, 0.6) is 0 Å². The van der Waals surface area contributed by atoms with Crippen molar-refractivity contribution in [1.29, 1.82) is 0 Å². The number of carbonyl (C=O) groups excluding carboxylic acids is 1. The molecule has 0 heterocycles. The number of isocyanates is 1. The van der Waals surface area contributed by atoms with E-state index < -0.39 is 0 Å². The van der Waals surface area contributed by atoms with E-state index in [1.54, 1.807) is 6.08 Å². The van der Waals surface area contributed by atoms with Crippen LogP contribution in [-0.2, 0) is 4.79 Å². The van der Waals surface area contributed by atoms with Gasteiger partial charge in [-0.3, -0.25) is 0 Å². The van der Waals surface area contributed by atoms with E-state index in [0.717, 1.165) is 18.3 Å². The second-order valence-corrected chi connectivity index (χ2v) is 3.73. The molecule has 2 aliphatic rings. The highest BCUT2D eigenvalue weighted by atomic mass is 16.1. The third-order valence-electron chi connectivity index (χ3n) is 3.03. The first-order chi connectivity index (χ1) is 5.42. The summed E-state index contributed by atoms with van der Waals surface area (Å²) in [6, 6.07) is 0.357. The van der Waals surface area contributed by atoms with Crippen LogP contribution in [0.2, 0.25) is 0 Å². The maximum Gasteiger partial charge on any atom is 0.235 e. The molecular formula is C9H13NO. The van der Waals surface area contributed by atoms with Crippen molar-refractivity contribution >= 4 is 6.08 Å². The van der Waals surface area contributed by atoms with Gasteiger partial charge in [0.15, 0.2) is 0 Å². The van der Waals surface area contributed by atoms with Gasteiger partial charge >= 0.3 is 0 Å². The SMILES string of the molecule is O=C=NC1CC1C1CCCC1. The summed E-state index contributed by atoms with van der Waals surface area (Å²) in [6.45, 7) is 0. The van der Waals surface area contributed by atoms with Crippen LogP contribution >= 0.6 is 0 Å². The molecule has 11 heavy (non-hydrogen) atoms.